The fraction of sp³-hybridized carbons (Fsp3) is 0.421. The van der Waals surface area contributed by atoms with Gasteiger partial charge in [-0.15, -0.1) is 11.3 Å². The topological polar surface area (TPSA) is 105 Å². The van der Waals surface area contributed by atoms with Crippen molar-refractivity contribution in [3.63, 3.8) is 0 Å². The van der Waals surface area contributed by atoms with Gasteiger partial charge in [0, 0.05) is 23.4 Å². The molecule has 1 heterocycles. The molecule has 0 saturated heterocycles. The number of aromatic nitrogens is 1. The number of carboxylic acid groups (broad SMARTS) is 1. The van der Waals surface area contributed by atoms with E-state index in [4.69, 9.17) is 15.6 Å². The first kappa shape index (κ1) is 23.7. The molecule has 30 heavy (non-hydrogen) atoms. The number of carbonyl (C=O) groups is 2. The minimum absolute atomic E-state index is 0.154. The zero-order valence-electron chi connectivity index (χ0n) is 16.1. The molecule has 6 nitrogen and oxygen atoms in total. The lowest BCUT2D eigenvalue weighted by Gasteiger charge is -2.42. The first-order valence-electron chi connectivity index (χ1n) is 8.99. The largest absolute Gasteiger partial charge is 0.490 e. The highest BCUT2D eigenvalue weighted by Gasteiger charge is 2.39. The van der Waals surface area contributed by atoms with E-state index in [-0.39, 0.29) is 17.1 Å². The Labute approximate surface area is 174 Å². The Hall–Kier alpha value is -2.53. The lowest BCUT2D eigenvalue weighted by Crippen LogP contribution is -2.45. The third-order valence-electron chi connectivity index (χ3n) is 4.81. The zero-order valence-corrected chi connectivity index (χ0v) is 16.9. The van der Waals surface area contributed by atoms with Crippen molar-refractivity contribution in [2.45, 2.75) is 44.3 Å². The molecule has 1 amide bonds. The van der Waals surface area contributed by atoms with Crippen LogP contribution in [-0.4, -0.2) is 34.7 Å². The molecular weight excluding hydrogens is 426 g/mol. The predicted molar refractivity (Wildman–Crippen MR) is 103 cm³/mol. The van der Waals surface area contributed by atoms with Crippen LogP contribution in [-0.2, 0) is 16.8 Å². The van der Waals surface area contributed by atoms with Gasteiger partial charge in [-0.25, -0.2) is 14.2 Å². The van der Waals surface area contributed by atoms with Gasteiger partial charge < -0.3 is 16.2 Å². The summed E-state index contributed by atoms with van der Waals surface area (Å²) < 4.78 is 45.2. The number of hydrogen-bond acceptors (Lipinski definition) is 5. The Balaban J connectivity index is 0.000000396. The minimum atomic E-state index is -5.08. The number of alkyl halides is 3. The Bertz CT molecular complexity index is 911. The van der Waals surface area contributed by atoms with Gasteiger partial charge in [-0.2, -0.15) is 13.2 Å². The summed E-state index contributed by atoms with van der Waals surface area (Å²) in [6.07, 6.45) is -2.07. The van der Waals surface area contributed by atoms with E-state index >= 15 is 0 Å². The van der Waals surface area contributed by atoms with E-state index in [0.29, 0.717) is 18.8 Å². The van der Waals surface area contributed by atoms with Gasteiger partial charge in [-0.05, 0) is 37.5 Å². The average Bonchev–Trinajstić information content (AvgIpc) is 3.01. The number of rotatable bonds is 5. The third kappa shape index (κ3) is 5.76. The van der Waals surface area contributed by atoms with Crippen molar-refractivity contribution >= 4 is 23.2 Å². The Morgan fingerprint density at radius 1 is 1.33 bits per heavy atom. The molecule has 0 spiro atoms. The lowest BCUT2D eigenvalue weighted by atomic mass is 9.64. The molecule has 1 aromatic heterocycles. The van der Waals surface area contributed by atoms with E-state index in [0.717, 1.165) is 34.7 Å². The molecule has 4 N–H and O–H groups in total. The molecule has 1 saturated carbocycles. The van der Waals surface area contributed by atoms with Gasteiger partial charge in [0.1, 0.15) is 16.5 Å². The van der Waals surface area contributed by atoms with Gasteiger partial charge in [0.05, 0.1) is 0 Å². The van der Waals surface area contributed by atoms with Crippen molar-refractivity contribution in [1.29, 1.82) is 0 Å². The second-order valence-corrected chi connectivity index (χ2v) is 8.13. The van der Waals surface area contributed by atoms with Crippen molar-refractivity contribution in [3.8, 4) is 0 Å². The van der Waals surface area contributed by atoms with Crippen molar-refractivity contribution in [3.05, 3.63) is 51.2 Å². The molecule has 0 aliphatic heterocycles. The fourth-order valence-electron chi connectivity index (χ4n) is 3.07. The first-order valence-corrected chi connectivity index (χ1v) is 9.81. The second-order valence-electron chi connectivity index (χ2n) is 6.85. The summed E-state index contributed by atoms with van der Waals surface area (Å²) in [7, 11) is 0. The van der Waals surface area contributed by atoms with Gasteiger partial charge in [0.25, 0.3) is 5.91 Å². The number of benzene rings is 1. The zero-order chi connectivity index (χ0) is 22.5. The van der Waals surface area contributed by atoms with Crippen molar-refractivity contribution in [2.24, 2.45) is 5.73 Å². The maximum atomic E-state index is 13.5. The van der Waals surface area contributed by atoms with E-state index in [1.54, 1.807) is 12.1 Å². The molecule has 1 aliphatic carbocycles. The van der Waals surface area contributed by atoms with Crippen molar-refractivity contribution in [1.82, 2.24) is 10.3 Å². The van der Waals surface area contributed by atoms with Gasteiger partial charge in [-0.1, -0.05) is 18.6 Å². The second kappa shape index (κ2) is 9.52. The number of carbonyl (C=O) groups excluding carboxylic acids is 1. The van der Waals surface area contributed by atoms with Crippen LogP contribution in [0.3, 0.4) is 0 Å². The molecule has 0 radical (unpaired) electrons. The molecular formula is C19H21F4N3O3S. The summed E-state index contributed by atoms with van der Waals surface area (Å²) in [6.45, 7) is 2.72. The number of halogens is 4. The van der Waals surface area contributed by atoms with Crippen LogP contribution in [0.2, 0.25) is 0 Å². The van der Waals surface area contributed by atoms with Crippen LogP contribution in [0.1, 0.15) is 45.2 Å². The average molecular weight is 447 g/mol. The van der Waals surface area contributed by atoms with Crippen molar-refractivity contribution < 1.29 is 32.3 Å². The number of aryl methyl sites for hydroxylation is 1. The molecule has 0 unspecified atom stereocenters. The number of thiazole rings is 1. The molecule has 3 rings (SSSR count). The number of aliphatic carboxylic acids is 1. The van der Waals surface area contributed by atoms with E-state index < -0.39 is 12.1 Å². The number of nitrogens with zero attached hydrogens (tertiary/aromatic N) is 1. The smallest absolute Gasteiger partial charge is 0.475 e. The van der Waals surface area contributed by atoms with Crippen LogP contribution in [0, 0.1) is 12.7 Å². The highest BCUT2D eigenvalue weighted by molar-refractivity contribution is 7.11. The van der Waals surface area contributed by atoms with Gasteiger partial charge >= 0.3 is 12.1 Å². The normalized spacial score (nSPS) is 14.9. The van der Waals surface area contributed by atoms with E-state index in [9.17, 15) is 22.4 Å². The first-order chi connectivity index (χ1) is 14.0. The summed E-state index contributed by atoms with van der Waals surface area (Å²) in [5.41, 5.74) is 6.83. The van der Waals surface area contributed by atoms with Crippen LogP contribution in [0.5, 0.6) is 0 Å². The molecule has 1 aromatic carbocycles. The van der Waals surface area contributed by atoms with Crippen LogP contribution in [0.15, 0.2) is 24.3 Å². The predicted octanol–water partition coefficient (Wildman–Crippen LogP) is 3.53. The van der Waals surface area contributed by atoms with Gasteiger partial charge in [-0.3, -0.25) is 4.79 Å². The SMILES string of the molecule is Cc1sc(CN)nc1C(=O)NCC1(c2cccc(F)c2)CCC1.O=C(O)C(F)(F)F. The molecule has 2 aromatic rings. The summed E-state index contributed by atoms with van der Waals surface area (Å²) in [5, 5.41) is 10.9. The summed E-state index contributed by atoms with van der Waals surface area (Å²) in [4.78, 5) is 26.4. The number of hydrogen-bond donors (Lipinski definition) is 3. The summed E-state index contributed by atoms with van der Waals surface area (Å²) in [6, 6.07) is 6.69. The van der Waals surface area contributed by atoms with Crippen LogP contribution < -0.4 is 11.1 Å². The monoisotopic (exact) mass is 447 g/mol. The number of carboxylic acids is 1. The molecule has 0 bridgehead atoms. The van der Waals surface area contributed by atoms with Crippen LogP contribution in [0.25, 0.3) is 0 Å². The Kier molecular flexibility index (Phi) is 7.54. The van der Waals surface area contributed by atoms with Gasteiger partial charge in [0.2, 0.25) is 0 Å². The Morgan fingerprint density at radius 2 is 1.97 bits per heavy atom. The van der Waals surface area contributed by atoms with Crippen molar-refractivity contribution in [2.75, 3.05) is 6.54 Å². The minimum Gasteiger partial charge on any atom is -0.475 e. The maximum absolute atomic E-state index is 13.5. The molecule has 0 atom stereocenters. The Morgan fingerprint density at radius 3 is 2.40 bits per heavy atom. The highest BCUT2D eigenvalue weighted by atomic mass is 32.1. The quantitative estimate of drug-likeness (QED) is 0.608. The highest BCUT2D eigenvalue weighted by Crippen LogP contribution is 2.43. The molecule has 1 fully saturated rings. The number of amides is 1. The van der Waals surface area contributed by atoms with E-state index in [1.165, 1.54) is 17.4 Å². The fourth-order valence-corrected chi connectivity index (χ4v) is 3.88. The van der Waals surface area contributed by atoms with E-state index in [1.807, 2.05) is 13.0 Å². The molecule has 1 aliphatic rings. The lowest BCUT2D eigenvalue weighted by molar-refractivity contribution is -0.192. The van der Waals surface area contributed by atoms with Crippen LogP contribution >= 0.6 is 11.3 Å². The number of nitrogens with one attached hydrogen (secondary N) is 1. The molecule has 11 heteroatoms. The van der Waals surface area contributed by atoms with Crippen LogP contribution in [0.4, 0.5) is 17.6 Å². The maximum Gasteiger partial charge on any atom is 0.490 e. The van der Waals surface area contributed by atoms with E-state index in [2.05, 4.69) is 10.3 Å². The third-order valence-corrected chi connectivity index (χ3v) is 5.80. The number of nitrogens with two attached hydrogens (primary N) is 1. The summed E-state index contributed by atoms with van der Waals surface area (Å²) >= 11 is 1.45. The standard InChI is InChI=1S/C17H20FN3OS.C2HF3O2/c1-11-15(21-14(9-19)23-11)16(22)20-10-17(6-3-7-17)12-4-2-5-13(18)8-12;3-2(4,5)1(6)7/h2,4-5,8H,3,6-7,9-10,19H2,1H3,(H,20,22);(H,6,7). The molecule has 164 valence electrons. The van der Waals surface area contributed by atoms with Gasteiger partial charge in [0.15, 0.2) is 0 Å². The summed E-state index contributed by atoms with van der Waals surface area (Å²) in [5.74, 6) is -3.17.